The summed E-state index contributed by atoms with van der Waals surface area (Å²) in [5.74, 6) is 2.23. The molecule has 0 unspecified atom stereocenters. The van der Waals surface area contributed by atoms with Gasteiger partial charge in [0.1, 0.15) is 17.4 Å². The molecule has 1 N–H and O–H groups in total. The van der Waals surface area contributed by atoms with Crippen molar-refractivity contribution in [2.45, 2.75) is 6.04 Å². The maximum atomic E-state index is 12.6. The number of nitrogens with zero attached hydrogens (tertiary/aromatic N) is 2. The predicted octanol–water partition coefficient (Wildman–Crippen LogP) is 4.06. The molecule has 0 aliphatic carbocycles. The highest BCUT2D eigenvalue weighted by Crippen LogP contribution is 2.42. The second-order valence-corrected chi connectivity index (χ2v) is 6.52. The molecule has 0 spiro atoms. The summed E-state index contributed by atoms with van der Waals surface area (Å²) in [6.07, 6.45) is 7.92. The van der Waals surface area contributed by atoms with E-state index in [-0.39, 0.29) is 11.6 Å². The van der Waals surface area contributed by atoms with Crippen LogP contribution in [0, 0.1) is 0 Å². The fourth-order valence-electron chi connectivity index (χ4n) is 3.78. The fourth-order valence-corrected chi connectivity index (χ4v) is 3.78. The van der Waals surface area contributed by atoms with Crippen LogP contribution >= 0.6 is 0 Å². The Morgan fingerprint density at radius 2 is 1.81 bits per heavy atom. The normalized spacial score (nSPS) is 17.4. The van der Waals surface area contributed by atoms with Gasteiger partial charge >= 0.3 is 0 Å². The number of amidine groups is 1. The molecular weight excluding hydrogens is 338 g/mol. The van der Waals surface area contributed by atoms with E-state index in [1.54, 1.807) is 7.11 Å². The number of rotatable bonds is 2. The van der Waals surface area contributed by atoms with Gasteiger partial charge in [-0.05, 0) is 41.3 Å². The minimum atomic E-state index is -0.119. The van der Waals surface area contributed by atoms with Gasteiger partial charge in [-0.25, -0.2) is 4.99 Å². The third-order valence-corrected chi connectivity index (χ3v) is 5.03. The van der Waals surface area contributed by atoms with Gasteiger partial charge in [-0.15, -0.1) is 0 Å². The Morgan fingerprint density at radius 1 is 1.04 bits per heavy atom. The van der Waals surface area contributed by atoms with Crippen molar-refractivity contribution in [2.75, 3.05) is 7.11 Å². The Bertz CT molecular complexity index is 1190. The van der Waals surface area contributed by atoms with Gasteiger partial charge in [0.2, 0.25) is 0 Å². The van der Waals surface area contributed by atoms with Crippen molar-refractivity contribution in [3.8, 4) is 5.75 Å². The van der Waals surface area contributed by atoms with Crippen LogP contribution in [0.1, 0.15) is 17.2 Å². The molecule has 5 rings (SSSR count). The van der Waals surface area contributed by atoms with E-state index >= 15 is 0 Å². The summed E-state index contributed by atoms with van der Waals surface area (Å²) in [6, 6.07) is 15.6. The number of aromatic amines is 1. The van der Waals surface area contributed by atoms with Crippen molar-refractivity contribution in [3.63, 3.8) is 0 Å². The highest BCUT2D eigenvalue weighted by molar-refractivity contribution is 6.01. The number of ether oxygens (including phenoxy) is 1. The van der Waals surface area contributed by atoms with E-state index in [0.717, 1.165) is 28.1 Å². The molecule has 0 saturated carbocycles. The highest BCUT2D eigenvalue weighted by atomic mass is 16.5. The molecule has 0 fully saturated rings. The van der Waals surface area contributed by atoms with Gasteiger partial charge in [-0.2, -0.15) is 0 Å². The zero-order valence-corrected chi connectivity index (χ0v) is 14.7. The molecule has 2 aliphatic heterocycles. The third kappa shape index (κ3) is 2.39. The van der Waals surface area contributed by atoms with Crippen LogP contribution in [0.5, 0.6) is 5.75 Å². The van der Waals surface area contributed by atoms with E-state index in [4.69, 9.17) is 9.73 Å². The number of aliphatic imine (C=N–C) groups is 1. The molecule has 2 aromatic carbocycles. The lowest BCUT2D eigenvalue weighted by Crippen LogP contribution is -2.34. The van der Waals surface area contributed by atoms with Gasteiger partial charge in [0.15, 0.2) is 0 Å². The van der Waals surface area contributed by atoms with Crippen molar-refractivity contribution in [3.05, 3.63) is 94.4 Å². The number of H-pyrrole nitrogens is 1. The Labute approximate surface area is 155 Å². The molecule has 2 aliphatic rings. The van der Waals surface area contributed by atoms with Crippen LogP contribution in [0.4, 0.5) is 5.82 Å². The van der Waals surface area contributed by atoms with E-state index in [2.05, 4.69) is 22.0 Å². The zero-order chi connectivity index (χ0) is 18.4. The summed E-state index contributed by atoms with van der Waals surface area (Å²) in [4.78, 5) is 22.4. The third-order valence-electron chi connectivity index (χ3n) is 5.03. The van der Waals surface area contributed by atoms with Crippen molar-refractivity contribution in [1.82, 2.24) is 9.88 Å². The average molecular weight is 355 g/mol. The molecular formula is C22H17N3O2. The maximum absolute atomic E-state index is 12.6. The lowest BCUT2D eigenvalue weighted by molar-refractivity contribution is 0.413. The summed E-state index contributed by atoms with van der Waals surface area (Å²) in [5.41, 5.74) is 1.98. The first-order chi connectivity index (χ1) is 13.3. The highest BCUT2D eigenvalue weighted by Gasteiger charge is 2.32. The second kappa shape index (κ2) is 5.99. The largest absolute Gasteiger partial charge is 0.497 e. The van der Waals surface area contributed by atoms with E-state index < -0.39 is 0 Å². The average Bonchev–Trinajstić information content (AvgIpc) is 2.72. The molecule has 3 aromatic rings. The molecule has 1 aromatic heterocycles. The summed E-state index contributed by atoms with van der Waals surface area (Å²) >= 11 is 0. The molecule has 27 heavy (non-hydrogen) atoms. The van der Waals surface area contributed by atoms with Crippen LogP contribution < -0.4 is 10.3 Å². The quantitative estimate of drug-likeness (QED) is 0.754. The molecule has 0 saturated heterocycles. The van der Waals surface area contributed by atoms with Crippen LogP contribution in [0.3, 0.4) is 0 Å². The van der Waals surface area contributed by atoms with Gasteiger partial charge in [0.25, 0.3) is 5.56 Å². The number of aromatic nitrogens is 1. The predicted molar refractivity (Wildman–Crippen MR) is 107 cm³/mol. The fraction of sp³-hybridized carbons (Fsp3) is 0.0909. The van der Waals surface area contributed by atoms with E-state index in [9.17, 15) is 4.79 Å². The lowest BCUT2D eigenvalue weighted by atomic mass is 9.91. The topological polar surface area (TPSA) is 57.7 Å². The minimum Gasteiger partial charge on any atom is -0.497 e. The van der Waals surface area contributed by atoms with Crippen molar-refractivity contribution < 1.29 is 4.74 Å². The maximum Gasteiger partial charge on any atom is 0.257 e. The monoisotopic (exact) mass is 355 g/mol. The van der Waals surface area contributed by atoms with Crippen molar-refractivity contribution in [2.24, 2.45) is 4.99 Å². The van der Waals surface area contributed by atoms with Crippen molar-refractivity contribution >= 4 is 22.4 Å². The number of allylic oxidation sites excluding steroid dienone is 2. The standard InChI is InChI=1S/C22H17N3O2/c1-27-15-11-9-14(10-12-15)20-19-16-6-2-3-7-17(16)22(26)24-21(19)23-18-8-4-5-13-25(18)20/h2-13,20H,1H3,(H,24,26)/t20-/m0/s1. The number of methoxy groups -OCH3 is 1. The Hall–Kier alpha value is -3.60. The summed E-state index contributed by atoms with van der Waals surface area (Å²) in [5, 5.41) is 1.59. The Balaban J connectivity index is 1.83. The molecule has 0 radical (unpaired) electrons. The molecule has 5 heteroatoms. The molecule has 5 nitrogen and oxygen atoms in total. The number of fused-ring (bicyclic) bond motifs is 4. The van der Waals surface area contributed by atoms with Crippen LogP contribution in [0.15, 0.2) is 82.7 Å². The number of nitrogens with one attached hydrogen (secondary N) is 1. The van der Waals surface area contributed by atoms with Gasteiger partial charge in [0, 0.05) is 17.1 Å². The van der Waals surface area contributed by atoms with Crippen molar-refractivity contribution in [1.29, 1.82) is 0 Å². The van der Waals surface area contributed by atoms with Crippen LogP contribution in [-0.4, -0.2) is 22.8 Å². The summed E-state index contributed by atoms with van der Waals surface area (Å²) < 4.78 is 5.31. The Morgan fingerprint density at radius 3 is 2.59 bits per heavy atom. The SMILES string of the molecule is COc1ccc([C@H]2c3c([nH]c(=O)c4ccccc34)N=C3C=CC=CN32)cc1. The number of pyridine rings is 1. The zero-order valence-electron chi connectivity index (χ0n) is 14.7. The van der Waals surface area contributed by atoms with Crippen LogP contribution in [0.25, 0.3) is 10.8 Å². The first-order valence-electron chi connectivity index (χ1n) is 8.77. The molecule has 1 atom stereocenters. The van der Waals surface area contributed by atoms with E-state index in [1.807, 2.05) is 60.8 Å². The van der Waals surface area contributed by atoms with Gasteiger partial charge in [-0.1, -0.05) is 36.4 Å². The minimum absolute atomic E-state index is 0.0960. The summed E-state index contributed by atoms with van der Waals surface area (Å²) in [6.45, 7) is 0. The van der Waals surface area contributed by atoms with Gasteiger partial charge < -0.3 is 14.6 Å². The van der Waals surface area contributed by atoms with E-state index in [1.165, 1.54) is 0 Å². The van der Waals surface area contributed by atoms with Crippen LogP contribution in [0.2, 0.25) is 0 Å². The van der Waals surface area contributed by atoms with E-state index in [0.29, 0.717) is 11.2 Å². The van der Waals surface area contributed by atoms with Gasteiger partial charge in [0.05, 0.1) is 13.2 Å². The first-order valence-corrected chi connectivity index (χ1v) is 8.77. The second-order valence-electron chi connectivity index (χ2n) is 6.52. The van der Waals surface area contributed by atoms with Crippen LogP contribution in [-0.2, 0) is 0 Å². The smallest absolute Gasteiger partial charge is 0.257 e. The van der Waals surface area contributed by atoms with Gasteiger partial charge in [-0.3, -0.25) is 4.79 Å². The number of hydrogen-bond acceptors (Lipinski definition) is 4. The first kappa shape index (κ1) is 15.6. The molecule has 3 heterocycles. The lowest BCUT2D eigenvalue weighted by Gasteiger charge is -2.36. The number of benzene rings is 2. The molecule has 0 bridgehead atoms. The Kier molecular flexibility index (Phi) is 3.47. The number of hydrogen-bond donors (Lipinski definition) is 1. The molecule has 0 amide bonds. The molecule has 132 valence electrons. The summed E-state index contributed by atoms with van der Waals surface area (Å²) in [7, 11) is 1.66.